The molecule has 1 amide bonds. The zero-order valence-corrected chi connectivity index (χ0v) is 16.5. The van der Waals surface area contributed by atoms with Crippen molar-refractivity contribution < 1.29 is 17.6 Å². The van der Waals surface area contributed by atoms with Gasteiger partial charge in [0, 0.05) is 44.8 Å². The Balaban J connectivity index is 1.61. The Hall–Kier alpha value is -2.26. The molecule has 2 atom stereocenters. The number of nitrogens with zero attached hydrogens (tertiary/aromatic N) is 4. The normalized spacial score (nSPS) is 23.6. The summed E-state index contributed by atoms with van der Waals surface area (Å²) in [4.78, 5) is 18.5. The Morgan fingerprint density at radius 3 is 2.61 bits per heavy atom. The van der Waals surface area contributed by atoms with Crippen LogP contribution in [-0.2, 0) is 28.4 Å². The molecule has 1 aromatic carbocycles. The van der Waals surface area contributed by atoms with Crippen LogP contribution >= 0.6 is 0 Å². The highest BCUT2D eigenvalue weighted by atomic mass is 32.2. The van der Waals surface area contributed by atoms with E-state index in [9.17, 15) is 17.6 Å². The minimum atomic E-state index is -3.71. The number of fused-ring (bicyclic) bond motifs is 1. The molecule has 3 heterocycles. The van der Waals surface area contributed by atoms with Crippen LogP contribution < -0.4 is 0 Å². The molecule has 0 radical (unpaired) electrons. The van der Waals surface area contributed by atoms with Gasteiger partial charge in [0.1, 0.15) is 5.82 Å². The van der Waals surface area contributed by atoms with Crippen molar-refractivity contribution in [3.63, 3.8) is 0 Å². The Morgan fingerprint density at radius 1 is 1.18 bits per heavy atom. The average molecular weight is 406 g/mol. The van der Waals surface area contributed by atoms with E-state index >= 15 is 0 Å². The van der Waals surface area contributed by atoms with Crippen molar-refractivity contribution in [1.29, 1.82) is 0 Å². The van der Waals surface area contributed by atoms with Crippen LogP contribution in [0.3, 0.4) is 0 Å². The second-order valence-corrected chi connectivity index (χ2v) is 9.29. The molecule has 150 valence electrons. The zero-order chi connectivity index (χ0) is 19.9. The first-order valence-corrected chi connectivity index (χ1v) is 10.8. The molecule has 0 aliphatic carbocycles. The number of hydrogen-bond acceptors (Lipinski definition) is 4. The highest BCUT2D eigenvalue weighted by Gasteiger charge is 2.46. The van der Waals surface area contributed by atoms with Crippen LogP contribution in [0.1, 0.15) is 31.2 Å². The lowest BCUT2D eigenvalue weighted by Gasteiger charge is -2.32. The SMILES string of the molecule is Cn1cnc(S(=O)(=O)N2CC[C@@H]3[C@H]2CCCC(=O)N3Cc2ccc(F)cc2)c1. The maximum Gasteiger partial charge on any atom is 0.262 e. The smallest absolute Gasteiger partial charge is 0.262 e. The van der Waals surface area contributed by atoms with Crippen molar-refractivity contribution in [3.05, 3.63) is 48.2 Å². The minimum Gasteiger partial charge on any atom is -0.339 e. The molecule has 2 fully saturated rings. The van der Waals surface area contributed by atoms with E-state index in [0.29, 0.717) is 38.8 Å². The molecule has 0 N–H and O–H groups in total. The van der Waals surface area contributed by atoms with Gasteiger partial charge in [0.15, 0.2) is 5.03 Å². The Morgan fingerprint density at radius 2 is 1.93 bits per heavy atom. The fourth-order valence-electron chi connectivity index (χ4n) is 4.23. The molecule has 2 aromatic rings. The second-order valence-electron chi connectivity index (χ2n) is 7.46. The van der Waals surface area contributed by atoms with E-state index in [1.807, 2.05) is 0 Å². The van der Waals surface area contributed by atoms with Crippen molar-refractivity contribution in [3.8, 4) is 0 Å². The second kappa shape index (κ2) is 7.29. The number of benzene rings is 1. The summed E-state index contributed by atoms with van der Waals surface area (Å²) in [5.74, 6) is -0.300. The van der Waals surface area contributed by atoms with Gasteiger partial charge in [-0.05, 0) is 37.0 Å². The van der Waals surface area contributed by atoms with E-state index in [2.05, 4.69) is 4.98 Å². The Labute approximate surface area is 163 Å². The van der Waals surface area contributed by atoms with Crippen LogP contribution in [0.15, 0.2) is 41.8 Å². The molecule has 28 heavy (non-hydrogen) atoms. The third-order valence-corrected chi connectivity index (χ3v) is 7.40. The van der Waals surface area contributed by atoms with E-state index in [-0.39, 0.29) is 28.8 Å². The number of halogens is 1. The lowest BCUT2D eigenvalue weighted by molar-refractivity contribution is -0.133. The highest BCUT2D eigenvalue weighted by Crippen LogP contribution is 2.35. The average Bonchev–Trinajstić information content (AvgIpc) is 3.25. The number of amides is 1. The zero-order valence-electron chi connectivity index (χ0n) is 15.7. The minimum absolute atomic E-state index is 0.0221. The molecule has 7 nitrogen and oxygen atoms in total. The number of aryl methyl sites for hydroxylation is 1. The number of carbonyl (C=O) groups excluding carboxylic acids is 1. The van der Waals surface area contributed by atoms with Crippen LogP contribution in [0.25, 0.3) is 0 Å². The molecular formula is C19H23FN4O3S. The van der Waals surface area contributed by atoms with E-state index in [0.717, 1.165) is 5.56 Å². The summed E-state index contributed by atoms with van der Waals surface area (Å²) in [5, 5.41) is 0.0382. The third kappa shape index (κ3) is 3.44. The molecule has 0 unspecified atom stereocenters. The number of carbonyl (C=O) groups is 1. The predicted molar refractivity (Wildman–Crippen MR) is 100 cm³/mol. The van der Waals surface area contributed by atoms with E-state index in [1.165, 1.54) is 29.0 Å². The van der Waals surface area contributed by atoms with Crippen molar-refractivity contribution in [2.75, 3.05) is 6.54 Å². The van der Waals surface area contributed by atoms with Crippen molar-refractivity contribution in [2.24, 2.45) is 7.05 Å². The number of sulfonamides is 1. The number of rotatable bonds is 4. The number of imidazole rings is 1. The summed E-state index contributed by atoms with van der Waals surface area (Å²) >= 11 is 0. The van der Waals surface area contributed by atoms with Crippen LogP contribution in [-0.4, -0.2) is 51.7 Å². The third-order valence-electron chi connectivity index (χ3n) is 5.59. The molecule has 2 aliphatic rings. The molecule has 0 spiro atoms. The molecule has 0 saturated carbocycles. The summed E-state index contributed by atoms with van der Waals surface area (Å²) in [7, 11) is -1.98. The topological polar surface area (TPSA) is 75.5 Å². The fourth-order valence-corrected chi connectivity index (χ4v) is 5.90. The lowest BCUT2D eigenvalue weighted by atomic mass is 10.0. The molecular weight excluding hydrogens is 383 g/mol. The predicted octanol–water partition coefficient (Wildman–Crippen LogP) is 1.90. The first-order chi connectivity index (χ1) is 13.4. The van der Waals surface area contributed by atoms with Crippen LogP contribution in [0.2, 0.25) is 0 Å². The van der Waals surface area contributed by atoms with Crippen molar-refractivity contribution >= 4 is 15.9 Å². The monoisotopic (exact) mass is 406 g/mol. The molecule has 1 aromatic heterocycles. The van der Waals surface area contributed by atoms with Gasteiger partial charge in [-0.1, -0.05) is 12.1 Å². The van der Waals surface area contributed by atoms with Gasteiger partial charge in [0.05, 0.1) is 6.33 Å². The first kappa shape index (κ1) is 19.1. The van der Waals surface area contributed by atoms with Crippen molar-refractivity contribution in [2.45, 2.75) is 49.3 Å². The van der Waals surface area contributed by atoms with Gasteiger partial charge in [0.25, 0.3) is 10.0 Å². The van der Waals surface area contributed by atoms with E-state index < -0.39 is 10.0 Å². The molecule has 2 saturated heterocycles. The van der Waals surface area contributed by atoms with Crippen LogP contribution in [0, 0.1) is 5.82 Å². The number of aromatic nitrogens is 2. The van der Waals surface area contributed by atoms with Gasteiger partial charge in [-0.3, -0.25) is 4.79 Å². The molecule has 4 rings (SSSR count). The largest absolute Gasteiger partial charge is 0.339 e. The highest BCUT2D eigenvalue weighted by molar-refractivity contribution is 7.89. The van der Waals surface area contributed by atoms with E-state index in [1.54, 1.807) is 28.6 Å². The fraction of sp³-hybridized carbons (Fsp3) is 0.474. The summed E-state index contributed by atoms with van der Waals surface area (Å²) in [6, 6.07) is 5.64. The Kier molecular flexibility index (Phi) is 4.96. The Bertz CT molecular complexity index is 973. The van der Waals surface area contributed by atoms with Gasteiger partial charge in [-0.15, -0.1) is 0 Å². The van der Waals surface area contributed by atoms with Crippen LogP contribution in [0.4, 0.5) is 4.39 Å². The standard InChI is InChI=1S/C19H23FN4O3S/c1-22-12-18(21-13-22)28(26,27)24-10-9-16-17(24)3-2-4-19(25)23(16)11-14-5-7-15(20)8-6-14/h5-8,12-13,16-17H,2-4,9-11H2,1H3/t16-,17-/m1/s1. The first-order valence-electron chi connectivity index (χ1n) is 9.40. The molecule has 9 heteroatoms. The maximum atomic E-state index is 13.2. The van der Waals surface area contributed by atoms with Crippen molar-refractivity contribution in [1.82, 2.24) is 18.8 Å². The number of hydrogen-bond donors (Lipinski definition) is 0. The van der Waals surface area contributed by atoms with Gasteiger partial charge < -0.3 is 9.47 Å². The summed E-state index contributed by atoms with van der Waals surface area (Å²) < 4.78 is 42.5. The number of likely N-dealkylation sites (tertiary alicyclic amines) is 1. The van der Waals surface area contributed by atoms with Gasteiger partial charge in [-0.2, -0.15) is 4.31 Å². The molecule has 2 aliphatic heterocycles. The summed E-state index contributed by atoms with van der Waals surface area (Å²) in [6.45, 7) is 0.721. The van der Waals surface area contributed by atoms with Gasteiger partial charge >= 0.3 is 0 Å². The van der Waals surface area contributed by atoms with Gasteiger partial charge in [0.2, 0.25) is 5.91 Å². The van der Waals surface area contributed by atoms with E-state index in [4.69, 9.17) is 0 Å². The summed E-state index contributed by atoms with van der Waals surface area (Å²) in [6.07, 6.45) is 5.24. The summed E-state index contributed by atoms with van der Waals surface area (Å²) in [5.41, 5.74) is 0.835. The van der Waals surface area contributed by atoms with Gasteiger partial charge in [-0.25, -0.2) is 17.8 Å². The van der Waals surface area contributed by atoms with Crippen LogP contribution in [0.5, 0.6) is 0 Å². The molecule has 0 bridgehead atoms. The lowest BCUT2D eigenvalue weighted by Crippen LogP contribution is -2.47. The quantitative estimate of drug-likeness (QED) is 0.777. The maximum absolute atomic E-state index is 13.2.